The van der Waals surface area contributed by atoms with E-state index in [1.54, 1.807) is 25.1 Å². The number of hydrogen-bond donors (Lipinski definition) is 1. The fourth-order valence-corrected chi connectivity index (χ4v) is 9.18. The quantitative estimate of drug-likeness (QED) is 0.250. The summed E-state index contributed by atoms with van der Waals surface area (Å²) in [5, 5.41) is 4.34. The second-order valence-corrected chi connectivity index (χ2v) is 18.8. The summed E-state index contributed by atoms with van der Waals surface area (Å²) in [4.78, 5) is 115. The van der Waals surface area contributed by atoms with Gasteiger partial charge in [0.15, 0.2) is 0 Å². The van der Waals surface area contributed by atoms with Gasteiger partial charge < -0.3 is 43.8 Å². The molecule has 0 saturated carbocycles. The standard InChI is InChI=1S/C22H27F3N4O6.C17H24F3N3O2.C9H8N2O7/c1-15-13-26(6-7-28(15)21(32)35-29-19(30)4-5-20(29)31)14-16-2-3-17(27-8-10-33-11-9-27)12-18(16)34-22(23,24)25;1-13-11-22(5-4-21-13)12-14-2-3-15(23-6-8-24-9-7-23)10-16(14)25-17(18,19)20;12-5-1-2-6(13)10(5)17-9(16)18-11-7(14)3-4-8(11)15/h2-3,12,15H,4-11,13-14H2,1H3;2-3,10,13,21H,4-9,11-12H2,1H3;1-4H2/t15-;13-;/m00./s1. The van der Waals surface area contributed by atoms with Crippen molar-refractivity contribution in [3.05, 3.63) is 47.5 Å². The summed E-state index contributed by atoms with van der Waals surface area (Å²) >= 11 is 0. The molecule has 0 aliphatic carbocycles. The number of piperazine rings is 2. The zero-order chi connectivity index (χ0) is 56.3. The molecule has 428 valence electrons. The lowest BCUT2D eigenvalue weighted by Gasteiger charge is -2.39. The van der Waals surface area contributed by atoms with Crippen LogP contribution in [0.3, 0.4) is 0 Å². The highest BCUT2D eigenvalue weighted by atomic mass is 19.4. The molecular formula is C48H59F6N9O15. The number of alkyl halides is 6. The van der Waals surface area contributed by atoms with Crippen LogP contribution in [0.15, 0.2) is 36.4 Å². The van der Waals surface area contributed by atoms with E-state index in [0.717, 1.165) is 25.3 Å². The van der Waals surface area contributed by atoms with Crippen molar-refractivity contribution in [1.29, 1.82) is 0 Å². The predicted octanol–water partition coefficient (Wildman–Crippen LogP) is 3.61. The largest absolute Gasteiger partial charge is 0.573 e. The Morgan fingerprint density at radius 2 is 0.949 bits per heavy atom. The van der Waals surface area contributed by atoms with E-state index in [1.165, 1.54) is 17.0 Å². The zero-order valence-corrected chi connectivity index (χ0v) is 42.6. The van der Waals surface area contributed by atoms with Crippen LogP contribution < -0.4 is 24.6 Å². The molecule has 0 bridgehead atoms. The number of hydroxylamine groups is 6. The fraction of sp³-hybridized carbons (Fsp3) is 0.583. The number of anilines is 2. The number of benzene rings is 2. The molecule has 7 saturated heterocycles. The van der Waals surface area contributed by atoms with E-state index in [4.69, 9.17) is 14.3 Å². The average molecular weight is 1120 g/mol. The van der Waals surface area contributed by atoms with E-state index in [9.17, 15) is 64.7 Å². The van der Waals surface area contributed by atoms with Gasteiger partial charge in [0.1, 0.15) is 11.5 Å². The number of halogens is 6. The van der Waals surface area contributed by atoms with Gasteiger partial charge in [-0.2, -0.15) is 4.79 Å². The van der Waals surface area contributed by atoms with Crippen molar-refractivity contribution in [3.8, 4) is 11.5 Å². The molecule has 7 aliphatic rings. The number of nitrogens with one attached hydrogen (secondary N) is 1. The number of carbonyl (C=O) groups is 8. The Kier molecular flexibility index (Phi) is 19.6. The van der Waals surface area contributed by atoms with Crippen molar-refractivity contribution in [2.75, 3.05) is 102 Å². The lowest BCUT2D eigenvalue weighted by atomic mass is 10.1. The molecule has 2 aromatic carbocycles. The van der Waals surface area contributed by atoms with Gasteiger partial charge in [0.25, 0.3) is 35.4 Å². The number of hydrogen-bond acceptors (Lipinski definition) is 20. The second-order valence-electron chi connectivity index (χ2n) is 18.8. The lowest BCUT2D eigenvalue weighted by molar-refractivity contribution is -0.276. The summed E-state index contributed by atoms with van der Waals surface area (Å²) in [5.41, 5.74) is 2.29. The highest BCUT2D eigenvalue weighted by molar-refractivity contribution is 6.03. The smallest absolute Gasteiger partial charge is 0.405 e. The van der Waals surface area contributed by atoms with Gasteiger partial charge in [0.2, 0.25) is 0 Å². The minimum absolute atomic E-state index is 0.00209. The SMILES string of the molecule is C[C@H]1CN(Cc2ccc(N3CCOCC3)cc2OC(F)(F)F)CCN1.C[C@H]1CN(Cc2ccc(N3CCOCC3)cc2OC(F)(F)F)CCN1C(=O)ON1C(=O)CCC1=O.O=C(ON1C(=O)CCC1=O)ON1C(=O)CCC1=O. The molecule has 2 atom stereocenters. The third-order valence-electron chi connectivity index (χ3n) is 13.0. The molecule has 1 N–H and O–H groups in total. The van der Waals surface area contributed by atoms with Gasteiger partial charge in [0.05, 0.1) is 26.4 Å². The van der Waals surface area contributed by atoms with E-state index >= 15 is 0 Å². The minimum atomic E-state index is -4.83. The molecule has 7 aliphatic heterocycles. The van der Waals surface area contributed by atoms with Gasteiger partial charge >= 0.3 is 25.0 Å². The Hall–Kier alpha value is -7.02. The molecule has 30 heteroatoms. The number of nitrogens with zero attached hydrogens (tertiary/aromatic N) is 8. The van der Waals surface area contributed by atoms with Gasteiger partial charge in [-0.3, -0.25) is 48.2 Å². The summed E-state index contributed by atoms with van der Waals surface area (Å²) in [6, 6.07) is 9.88. The normalized spacial score (nSPS) is 21.8. The molecule has 7 heterocycles. The van der Waals surface area contributed by atoms with Crippen LogP contribution in [0.4, 0.5) is 47.3 Å². The number of morpholine rings is 2. The first-order chi connectivity index (χ1) is 37.0. The molecule has 7 fully saturated rings. The number of carbonyl (C=O) groups excluding carboxylic acids is 8. The number of amides is 7. The van der Waals surface area contributed by atoms with Gasteiger partial charge in [0, 0.05) is 164 Å². The number of ether oxygens (including phenoxy) is 4. The number of rotatable bonds is 11. The van der Waals surface area contributed by atoms with Crippen molar-refractivity contribution >= 4 is 59.1 Å². The molecule has 78 heavy (non-hydrogen) atoms. The molecule has 24 nitrogen and oxygen atoms in total. The first kappa shape index (κ1) is 58.7. The van der Waals surface area contributed by atoms with Gasteiger partial charge in [-0.15, -0.1) is 31.4 Å². The zero-order valence-electron chi connectivity index (χ0n) is 42.6. The Bertz CT molecular complexity index is 2440. The summed E-state index contributed by atoms with van der Waals surface area (Å²) in [5.74, 6) is -4.23. The highest BCUT2D eigenvalue weighted by Gasteiger charge is 2.40. The van der Waals surface area contributed by atoms with Crippen LogP contribution in [0.25, 0.3) is 0 Å². The maximum atomic E-state index is 13.1. The number of imide groups is 3. The van der Waals surface area contributed by atoms with Crippen molar-refractivity contribution < 1.29 is 98.2 Å². The molecule has 0 aromatic heterocycles. The van der Waals surface area contributed by atoms with Crippen molar-refractivity contribution in [2.45, 2.75) is 90.3 Å². The van der Waals surface area contributed by atoms with E-state index in [0.29, 0.717) is 100 Å². The summed E-state index contributed by atoms with van der Waals surface area (Å²) < 4.78 is 97.2. The second kappa shape index (κ2) is 26.1. The van der Waals surface area contributed by atoms with Crippen molar-refractivity contribution in [1.82, 2.24) is 35.2 Å². The van der Waals surface area contributed by atoms with Crippen LogP contribution >= 0.6 is 0 Å². The summed E-state index contributed by atoms with van der Waals surface area (Å²) in [7, 11) is 0. The average Bonchev–Trinajstić information content (AvgIpc) is 4.01. The monoisotopic (exact) mass is 1120 g/mol. The molecule has 0 radical (unpaired) electrons. The van der Waals surface area contributed by atoms with Crippen LogP contribution in [0.1, 0.15) is 63.5 Å². The van der Waals surface area contributed by atoms with Crippen LogP contribution in [0.2, 0.25) is 0 Å². The third-order valence-corrected chi connectivity index (χ3v) is 13.0. The van der Waals surface area contributed by atoms with E-state index in [-0.39, 0.29) is 79.3 Å². The molecule has 2 aromatic rings. The fourth-order valence-electron chi connectivity index (χ4n) is 9.18. The Morgan fingerprint density at radius 1 is 0.551 bits per heavy atom. The summed E-state index contributed by atoms with van der Waals surface area (Å²) in [6.07, 6.45) is -12.1. The molecule has 9 rings (SSSR count). The van der Waals surface area contributed by atoms with E-state index < -0.39 is 60.4 Å². The predicted molar refractivity (Wildman–Crippen MR) is 254 cm³/mol. The van der Waals surface area contributed by atoms with E-state index in [2.05, 4.69) is 36.3 Å². The Labute approximate surface area is 442 Å². The van der Waals surface area contributed by atoms with Gasteiger partial charge in [-0.1, -0.05) is 22.3 Å². The maximum absolute atomic E-state index is 13.1. The molecule has 7 amide bonds. The highest BCUT2D eigenvalue weighted by Crippen LogP contribution is 2.34. The van der Waals surface area contributed by atoms with E-state index in [1.807, 2.05) is 20.8 Å². The van der Waals surface area contributed by atoms with Crippen LogP contribution in [-0.2, 0) is 65.8 Å². The lowest BCUT2D eigenvalue weighted by Crippen LogP contribution is -2.54. The third kappa shape index (κ3) is 16.5. The first-order valence-electron chi connectivity index (χ1n) is 25.1. The van der Waals surface area contributed by atoms with Crippen LogP contribution in [0, 0.1) is 0 Å². The maximum Gasteiger partial charge on any atom is 0.573 e. The first-order valence-corrected chi connectivity index (χ1v) is 25.1. The molecule has 0 unspecified atom stereocenters. The topological polar surface area (TPSA) is 239 Å². The summed E-state index contributed by atoms with van der Waals surface area (Å²) in [6.45, 7) is 12.5. The van der Waals surface area contributed by atoms with Gasteiger partial charge in [-0.25, -0.2) is 4.79 Å². The van der Waals surface area contributed by atoms with Crippen molar-refractivity contribution in [3.63, 3.8) is 0 Å². The van der Waals surface area contributed by atoms with Crippen LogP contribution in [-0.4, -0.2) is 194 Å². The minimum Gasteiger partial charge on any atom is -0.405 e. The Morgan fingerprint density at radius 3 is 1.33 bits per heavy atom. The molecule has 0 spiro atoms. The van der Waals surface area contributed by atoms with Crippen LogP contribution in [0.5, 0.6) is 11.5 Å². The van der Waals surface area contributed by atoms with Crippen molar-refractivity contribution in [2.24, 2.45) is 0 Å². The Balaban J connectivity index is 0.000000180. The molecular weight excluding hydrogens is 1060 g/mol. The van der Waals surface area contributed by atoms with Gasteiger partial charge in [-0.05, 0) is 26.0 Å².